The van der Waals surface area contributed by atoms with Crippen LogP contribution in [0.15, 0.2) is 42.5 Å². The maximum atomic E-state index is 13.6. The lowest BCUT2D eigenvalue weighted by Crippen LogP contribution is -2.52. The molecule has 0 aromatic heterocycles. The molecule has 0 radical (unpaired) electrons. The van der Waals surface area contributed by atoms with Crippen LogP contribution in [0.25, 0.3) is 0 Å². The van der Waals surface area contributed by atoms with Crippen molar-refractivity contribution in [3.8, 4) is 17.2 Å². The lowest BCUT2D eigenvalue weighted by Gasteiger charge is -2.32. The average Bonchev–Trinajstić information content (AvgIpc) is 2.81. The van der Waals surface area contributed by atoms with Crippen LogP contribution in [-0.4, -0.2) is 29.1 Å². The number of carboxylic acid groups (broad SMARTS) is 1. The van der Waals surface area contributed by atoms with E-state index in [0.717, 1.165) is 43.4 Å². The number of Topliss-reactive ketones (excluding diaryl/α,β-unsaturated/α-hetero) is 1. The quantitative estimate of drug-likeness (QED) is 0.174. The van der Waals surface area contributed by atoms with Crippen LogP contribution in [-0.2, 0) is 4.79 Å². The largest absolute Gasteiger partial charge is 0.507 e. The lowest BCUT2D eigenvalue weighted by atomic mass is 9.99. The van der Waals surface area contributed by atoms with Gasteiger partial charge in [0.1, 0.15) is 11.9 Å². The van der Waals surface area contributed by atoms with Gasteiger partial charge < -0.3 is 19.3 Å². The molecule has 6 nitrogen and oxygen atoms in total. The highest BCUT2D eigenvalue weighted by Gasteiger charge is 2.66. The summed E-state index contributed by atoms with van der Waals surface area (Å²) in [6, 6.07) is 10.2. The number of alkyl halides is 4. The zero-order valence-electron chi connectivity index (χ0n) is 19.8. The number of rotatable bonds is 13. The van der Waals surface area contributed by atoms with Crippen molar-refractivity contribution >= 4 is 11.8 Å². The SMILES string of the molecule is CCCCCCC(Oc1ccc2c(c1)OC(F)(F)C(F)(F)O2)c1ccc(C(=O)CCCC(=O)O)cc1. The topological polar surface area (TPSA) is 82.1 Å². The van der Waals surface area contributed by atoms with Crippen molar-refractivity contribution in [2.24, 2.45) is 0 Å². The summed E-state index contributed by atoms with van der Waals surface area (Å²) in [5.74, 6) is -2.09. The van der Waals surface area contributed by atoms with Crippen molar-refractivity contribution in [1.82, 2.24) is 0 Å². The van der Waals surface area contributed by atoms with Crippen molar-refractivity contribution in [2.45, 2.75) is 76.6 Å². The van der Waals surface area contributed by atoms with Crippen LogP contribution in [0.1, 0.15) is 80.3 Å². The Bertz CT molecular complexity index is 1050. The van der Waals surface area contributed by atoms with Crippen molar-refractivity contribution in [3.05, 3.63) is 53.6 Å². The summed E-state index contributed by atoms with van der Waals surface area (Å²) >= 11 is 0. The van der Waals surface area contributed by atoms with E-state index in [4.69, 9.17) is 9.84 Å². The van der Waals surface area contributed by atoms with Crippen LogP contribution in [0.2, 0.25) is 0 Å². The van der Waals surface area contributed by atoms with E-state index < -0.39 is 35.8 Å². The van der Waals surface area contributed by atoms with Gasteiger partial charge in [-0.3, -0.25) is 9.59 Å². The molecule has 0 amide bonds. The molecule has 1 heterocycles. The fraction of sp³-hybridized carbons (Fsp3) is 0.462. The van der Waals surface area contributed by atoms with Crippen LogP contribution in [0, 0.1) is 0 Å². The molecule has 0 saturated heterocycles. The van der Waals surface area contributed by atoms with E-state index in [9.17, 15) is 27.2 Å². The number of aliphatic carboxylic acids is 1. The van der Waals surface area contributed by atoms with Crippen molar-refractivity contribution in [3.63, 3.8) is 0 Å². The molecule has 36 heavy (non-hydrogen) atoms. The second-order valence-electron chi connectivity index (χ2n) is 8.59. The zero-order chi connectivity index (χ0) is 26.3. The van der Waals surface area contributed by atoms with E-state index in [-0.39, 0.29) is 30.8 Å². The predicted octanol–water partition coefficient (Wildman–Crippen LogP) is 7.17. The number of unbranched alkanes of at least 4 members (excludes halogenated alkanes) is 3. The van der Waals surface area contributed by atoms with Crippen LogP contribution >= 0.6 is 0 Å². The summed E-state index contributed by atoms with van der Waals surface area (Å²) in [6.45, 7) is 2.08. The van der Waals surface area contributed by atoms with Gasteiger partial charge in [0.05, 0.1) is 0 Å². The summed E-state index contributed by atoms with van der Waals surface area (Å²) in [4.78, 5) is 23.0. The highest BCUT2D eigenvalue weighted by Crippen LogP contribution is 2.48. The molecule has 0 bridgehead atoms. The summed E-state index contributed by atoms with van der Waals surface area (Å²) in [6.07, 6.45) is -5.41. The van der Waals surface area contributed by atoms with Crippen molar-refractivity contribution in [2.75, 3.05) is 0 Å². The minimum Gasteiger partial charge on any atom is -0.486 e. The number of halogens is 4. The minimum absolute atomic E-state index is 0.0867. The molecule has 0 saturated carbocycles. The second-order valence-corrected chi connectivity index (χ2v) is 8.59. The third-order valence-electron chi connectivity index (χ3n) is 5.73. The average molecular weight is 512 g/mol. The van der Waals surface area contributed by atoms with Gasteiger partial charge in [0, 0.05) is 24.5 Å². The minimum atomic E-state index is -4.83. The third-order valence-corrected chi connectivity index (χ3v) is 5.73. The Labute approximate surface area is 206 Å². The van der Waals surface area contributed by atoms with Gasteiger partial charge in [0.25, 0.3) is 0 Å². The number of benzene rings is 2. The molecule has 196 valence electrons. The monoisotopic (exact) mass is 512 g/mol. The van der Waals surface area contributed by atoms with Gasteiger partial charge in [-0.05, 0) is 37.0 Å². The highest BCUT2D eigenvalue weighted by molar-refractivity contribution is 5.96. The molecule has 3 rings (SSSR count). The third kappa shape index (κ3) is 6.89. The number of ketones is 1. The lowest BCUT2D eigenvalue weighted by molar-refractivity contribution is -0.391. The predicted molar refractivity (Wildman–Crippen MR) is 122 cm³/mol. The summed E-state index contributed by atoms with van der Waals surface area (Å²) in [5.41, 5.74) is 1.18. The van der Waals surface area contributed by atoms with Crippen LogP contribution in [0.4, 0.5) is 17.6 Å². The van der Waals surface area contributed by atoms with Gasteiger partial charge in [-0.1, -0.05) is 50.5 Å². The molecular weight excluding hydrogens is 484 g/mol. The van der Waals surface area contributed by atoms with Gasteiger partial charge in [0.15, 0.2) is 17.3 Å². The Balaban J connectivity index is 1.75. The first kappa shape index (κ1) is 27.3. The number of ether oxygens (including phenoxy) is 3. The fourth-order valence-electron chi connectivity index (χ4n) is 3.76. The van der Waals surface area contributed by atoms with E-state index in [1.165, 1.54) is 6.07 Å². The maximum Gasteiger partial charge on any atom is 0.507 e. The Morgan fingerprint density at radius 2 is 1.56 bits per heavy atom. The van der Waals surface area contributed by atoms with Gasteiger partial charge in [0.2, 0.25) is 0 Å². The van der Waals surface area contributed by atoms with Crippen LogP contribution in [0.5, 0.6) is 17.2 Å². The maximum absolute atomic E-state index is 13.6. The van der Waals surface area contributed by atoms with Gasteiger partial charge in [-0.15, -0.1) is 0 Å². The van der Waals surface area contributed by atoms with Gasteiger partial charge in [-0.2, -0.15) is 17.6 Å². The molecule has 1 atom stereocenters. The summed E-state index contributed by atoms with van der Waals surface area (Å²) in [5, 5.41) is 8.72. The molecule has 1 unspecified atom stereocenters. The summed E-state index contributed by atoms with van der Waals surface area (Å²) in [7, 11) is 0. The van der Waals surface area contributed by atoms with Crippen molar-refractivity contribution < 1.29 is 46.5 Å². The molecule has 0 spiro atoms. The normalized spacial score (nSPS) is 16.2. The highest BCUT2D eigenvalue weighted by atomic mass is 19.3. The molecule has 2 aromatic rings. The fourth-order valence-corrected chi connectivity index (χ4v) is 3.76. The summed E-state index contributed by atoms with van der Waals surface area (Å²) < 4.78 is 68.4. The zero-order valence-corrected chi connectivity index (χ0v) is 19.8. The second kappa shape index (κ2) is 11.6. The molecule has 1 aliphatic heterocycles. The van der Waals surface area contributed by atoms with Crippen molar-refractivity contribution in [1.29, 1.82) is 0 Å². The van der Waals surface area contributed by atoms with E-state index in [1.807, 2.05) is 0 Å². The molecule has 0 fully saturated rings. The van der Waals surface area contributed by atoms with Gasteiger partial charge >= 0.3 is 18.2 Å². The van der Waals surface area contributed by atoms with E-state index in [0.29, 0.717) is 12.0 Å². The van der Waals surface area contributed by atoms with E-state index in [2.05, 4.69) is 16.4 Å². The first-order chi connectivity index (χ1) is 17.0. The molecular formula is C26H28F4O6. The molecule has 10 heteroatoms. The van der Waals surface area contributed by atoms with E-state index in [1.54, 1.807) is 24.3 Å². The number of hydrogen-bond donors (Lipinski definition) is 1. The van der Waals surface area contributed by atoms with Gasteiger partial charge in [-0.25, -0.2) is 0 Å². The Hall–Kier alpha value is -3.30. The number of carbonyl (C=O) groups excluding carboxylic acids is 1. The smallest absolute Gasteiger partial charge is 0.486 e. The molecule has 1 N–H and O–H groups in total. The number of fused-ring (bicyclic) bond motifs is 1. The number of carboxylic acids is 1. The van der Waals surface area contributed by atoms with Crippen LogP contribution < -0.4 is 14.2 Å². The number of hydrogen-bond acceptors (Lipinski definition) is 5. The first-order valence-corrected chi connectivity index (χ1v) is 11.8. The Morgan fingerprint density at radius 1 is 0.889 bits per heavy atom. The van der Waals surface area contributed by atoms with E-state index >= 15 is 0 Å². The molecule has 1 aliphatic rings. The Morgan fingerprint density at radius 3 is 2.19 bits per heavy atom. The number of carbonyl (C=O) groups is 2. The van der Waals surface area contributed by atoms with Crippen LogP contribution in [0.3, 0.4) is 0 Å². The standard InChI is InChI=1S/C26H28F4O6/c1-2-3-4-5-8-21(18-12-10-17(11-13-18)20(31)7-6-9-24(32)33)34-19-14-15-22-23(16-19)36-26(29,30)25(27,28)35-22/h10-16,21H,2-9H2,1H3,(H,32,33). The molecule has 2 aromatic carbocycles. The Kier molecular flexibility index (Phi) is 8.81. The molecule has 0 aliphatic carbocycles. The first-order valence-electron chi connectivity index (χ1n) is 11.8.